The molecule has 0 aliphatic rings. The third-order valence-corrected chi connectivity index (χ3v) is 3.08. The van der Waals surface area contributed by atoms with Crippen molar-refractivity contribution in [1.29, 1.82) is 0 Å². The fourth-order valence-corrected chi connectivity index (χ4v) is 1.78. The molecular formula is C14H20O5. The van der Waals surface area contributed by atoms with Gasteiger partial charge in [0.1, 0.15) is 11.5 Å². The molecule has 0 saturated heterocycles. The standard InChI is InChI=1S/C14H20O5/c1-14(2,13(16)19-5)12(15)9-6-10(17-3)8-11(7-9)18-4/h6-8,12,15H,1-5H3/t12-/m0/s1. The van der Waals surface area contributed by atoms with E-state index in [4.69, 9.17) is 14.2 Å². The molecule has 0 fully saturated rings. The number of rotatable bonds is 5. The summed E-state index contributed by atoms with van der Waals surface area (Å²) in [5, 5.41) is 10.4. The first-order valence-corrected chi connectivity index (χ1v) is 5.86. The molecule has 1 atom stereocenters. The van der Waals surface area contributed by atoms with Crippen LogP contribution in [0.15, 0.2) is 18.2 Å². The summed E-state index contributed by atoms with van der Waals surface area (Å²) in [4.78, 5) is 11.7. The second-order valence-corrected chi connectivity index (χ2v) is 4.76. The summed E-state index contributed by atoms with van der Waals surface area (Å²) in [6.07, 6.45) is -1.02. The van der Waals surface area contributed by atoms with Gasteiger partial charge in [0.15, 0.2) is 0 Å². The predicted molar refractivity (Wildman–Crippen MR) is 70.3 cm³/mol. The first kappa shape index (κ1) is 15.3. The summed E-state index contributed by atoms with van der Waals surface area (Å²) < 4.78 is 15.0. The molecule has 1 rings (SSSR count). The molecule has 0 amide bonds. The van der Waals surface area contributed by atoms with Crippen molar-refractivity contribution in [2.75, 3.05) is 21.3 Å². The third-order valence-electron chi connectivity index (χ3n) is 3.08. The van der Waals surface area contributed by atoms with E-state index >= 15 is 0 Å². The number of aliphatic hydroxyl groups is 1. The second kappa shape index (κ2) is 5.93. The van der Waals surface area contributed by atoms with Crippen LogP contribution in [0.3, 0.4) is 0 Å². The molecule has 106 valence electrons. The quantitative estimate of drug-likeness (QED) is 0.827. The lowest BCUT2D eigenvalue weighted by atomic mass is 9.82. The second-order valence-electron chi connectivity index (χ2n) is 4.76. The molecule has 0 radical (unpaired) electrons. The van der Waals surface area contributed by atoms with E-state index in [1.165, 1.54) is 21.3 Å². The highest BCUT2D eigenvalue weighted by molar-refractivity contribution is 5.76. The summed E-state index contributed by atoms with van der Waals surface area (Å²) in [6.45, 7) is 3.24. The Balaban J connectivity index is 3.18. The molecule has 0 aliphatic carbocycles. The van der Waals surface area contributed by atoms with Crippen molar-refractivity contribution < 1.29 is 24.1 Å². The maximum atomic E-state index is 11.7. The molecule has 0 unspecified atom stereocenters. The van der Waals surface area contributed by atoms with Gasteiger partial charge >= 0.3 is 5.97 Å². The molecule has 0 heterocycles. The molecule has 5 heteroatoms. The first-order valence-electron chi connectivity index (χ1n) is 5.86. The van der Waals surface area contributed by atoms with Gasteiger partial charge in [-0.05, 0) is 31.5 Å². The summed E-state index contributed by atoms with van der Waals surface area (Å²) in [5.41, 5.74) is -0.529. The zero-order valence-corrected chi connectivity index (χ0v) is 11.9. The van der Waals surface area contributed by atoms with Crippen molar-refractivity contribution in [3.8, 4) is 11.5 Å². The molecule has 0 spiro atoms. The van der Waals surface area contributed by atoms with Gasteiger partial charge in [0.2, 0.25) is 0 Å². The van der Waals surface area contributed by atoms with Crippen LogP contribution >= 0.6 is 0 Å². The normalized spacial score (nSPS) is 12.7. The Morgan fingerprint density at radius 2 is 1.58 bits per heavy atom. The van der Waals surface area contributed by atoms with Gasteiger partial charge in [-0.1, -0.05) is 0 Å². The van der Waals surface area contributed by atoms with Crippen LogP contribution in [0.1, 0.15) is 25.5 Å². The number of carbonyl (C=O) groups is 1. The highest BCUT2D eigenvalue weighted by Gasteiger charge is 2.38. The molecule has 1 aromatic carbocycles. The van der Waals surface area contributed by atoms with Gasteiger partial charge in [0, 0.05) is 6.07 Å². The lowest BCUT2D eigenvalue weighted by Gasteiger charge is -2.28. The molecule has 1 aromatic rings. The smallest absolute Gasteiger partial charge is 0.314 e. The van der Waals surface area contributed by atoms with Crippen molar-refractivity contribution in [2.24, 2.45) is 5.41 Å². The Hall–Kier alpha value is -1.75. The number of benzene rings is 1. The maximum Gasteiger partial charge on any atom is 0.314 e. The van der Waals surface area contributed by atoms with E-state index in [1.54, 1.807) is 32.0 Å². The topological polar surface area (TPSA) is 65.0 Å². The van der Waals surface area contributed by atoms with E-state index < -0.39 is 17.5 Å². The fourth-order valence-electron chi connectivity index (χ4n) is 1.78. The maximum absolute atomic E-state index is 11.7. The van der Waals surface area contributed by atoms with Crippen LogP contribution < -0.4 is 9.47 Å². The average molecular weight is 268 g/mol. The molecular weight excluding hydrogens is 248 g/mol. The number of ether oxygens (including phenoxy) is 3. The van der Waals surface area contributed by atoms with Crippen molar-refractivity contribution in [2.45, 2.75) is 20.0 Å². The predicted octanol–water partition coefficient (Wildman–Crippen LogP) is 1.94. The number of aliphatic hydroxyl groups excluding tert-OH is 1. The Kier molecular flexibility index (Phi) is 4.78. The van der Waals surface area contributed by atoms with Crippen LogP contribution in [0.25, 0.3) is 0 Å². The minimum Gasteiger partial charge on any atom is -0.497 e. The van der Waals surface area contributed by atoms with E-state index in [9.17, 15) is 9.90 Å². The Morgan fingerprint density at radius 1 is 1.11 bits per heavy atom. The SMILES string of the molecule is COC(=O)C(C)(C)[C@@H](O)c1cc(OC)cc(OC)c1. The lowest BCUT2D eigenvalue weighted by Crippen LogP contribution is -2.32. The van der Waals surface area contributed by atoms with Crippen LogP contribution in [-0.4, -0.2) is 32.4 Å². The van der Waals surface area contributed by atoms with E-state index in [2.05, 4.69) is 0 Å². The largest absolute Gasteiger partial charge is 0.497 e. The highest BCUT2D eigenvalue weighted by atomic mass is 16.5. The van der Waals surface area contributed by atoms with Gasteiger partial charge in [-0.2, -0.15) is 0 Å². The number of hydrogen-bond donors (Lipinski definition) is 1. The molecule has 1 N–H and O–H groups in total. The van der Waals surface area contributed by atoms with Gasteiger partial charge in [0.05, 0.1) is 32.8 Å². The number of carbonyl (C=O) groups excluding carboxylic acids is 1. The minimum absolute atomic E-state index is 0.484. The fraction of sp³-hybridized carbons (Fsp3) is 0.500. The van der Waals surface area contributed by atoms with Gasteiger partial charge < -0.3 is 19.3 Å². The highest BCUT2D eigenvalue weighted by Crippen LogP contribution is 2.37. The van der Waals surface area contributed by atoms with Crippen LogP contribution in [0, 0.1) is 5.41 Å². The van der Waals surface area contributed by atoms with Crippen molar-refractivity contribution in [1.82, 2.24) is 0 Å². The summed E-state index contributed by atoms with van der Waals surface area (Å²) in [6, 6.07) is 5.02. The zero-order chi connectivity index (χ0) is 14.6. The lowest BCUT2D eigenvalue weighted by molar-refractivity contribution is -0.157. The number of esters is 1. The van der Waals surface area contributed by atoms with Crippen LogP contribution in [-0.2, 0) is 9.53 Å². The van der Waals surface area contributed by atoms with Gasteiger partial charge in [-0.15, -0.1) is 0 Å². The molecule has 0 aromatic heterocycles. The van der Waals surface area contributed by atoms with Crippen molar-refractivity contribution in [3.63, 3.8) is 0 Å². The monoisotopic (exact) mass is 268 g/mol. The molecule has 0 aliphatic heterocycles. The summed E-state index contributed by atoms with van der Waals surface area (Å²) >= 11 is 0. The van der Waals surface area contributed by atoms with Gasteiger partial charge in [0.25, 0.3) is 0 Å². The summed E-state index contributed by atoms with van der Waals surface area (Å²) in [7, 11) is 4.34. The Bertz CT molecular complexity index is 431. The van der Waals surface area contributed by atoms with E-state index in [1.807, 2.05) is 0 Å². The van der Waals surface area contributed by atoms with E-state index in [0.717, 1.165) is 0 Å². The van der Waals surface area contributed by atoms with Crippen LogP contribution in [0.4, 0.5) is 0 Å². The van der Waals surface area contributed by atoms with Crippen LogP contribution in [0.5, 0.6) is 11.5 Å². The molecule has 19 heavy (non-hydrogen) atoms. The third kappa shape index (κ3) is 3.17. The molecule has 0 saturated carbocycles. The number of methoxy groups -OCH3 is 3. The van der Waals surface area contributed by atoms with Crippen LogP contribution in [0.2, 0.25) is 0 Å². The molecule has 0 bridgehead atoms. The van der Waals surface area contributed by atoms with E-state index in [0.29, 0.717) is 17.1 Å². The van der Waals surface area contributed by atoms with E-state index in [-0.39, 0.29) is 0 Å². The molecule has 5 nitrogen and oxygen atoms in total. The Morgan fingerprint density at radius 3 is 1.95 bits per heavy atom. The average Bonchev–Trinajstić information content (AvgIpc) is 2.44. The van der Waals surface area contributed by atoms with Crippen molar-refractivity contribution in [3.05, 3.63) is 23.8 Å². The zero-order valence-electron chi connectivity index (χ0n) is 11.9. The minimum atomic E-state index is -1.06. The van der Waals surface area contributed by atoms with Gasteiger partial charge in [-0.25, -0.2) is 0 Å². The summed E-state index contributed by atoms with van der Waals surface area (Å²) in [5.74, 6) is 0.616. The van der Waals surface area contributed by atoms with Crippen molar-refractivity contribution >= 4 is 5.97 Å². The number of hydrogen-bond acceptors (Lipinski definition) is 5. The first-order chi connectivity index (χ1) is 8.86. The Labute approximate surface area is 113 Å². The van der Waals surface area contributed by atoms with Gasteiger partial charge in [-0.3, -0.25) is 4.79 Å².